The zero-order valence-electron chi connectivity index (χ0n) is 6.86. The van der Waals surface area contributed by atoms with Crippen LogP contribution in [0, 0.1) is 12.3 Å². The number of terminal acetylenes is 1. The smallest absolute Gasteiger partial charge is 0.0589 e. The molecule has 0 amide bonds. The van der Waals surface area contributed by atoms with Crippen LogP contribution >= 0.6 is 11.3 Å². The third-order valence-corrected chi connectivity index (χ3v) is 2.41. The first-order valence-corrected chi connectivity index (χ1v) is 4.90. The fraction of sp³-hybridized carbons (Fsp3) is 0.400. The Morgan fingerprint density at radius 3 is 3.08 bits per heavy atom. The van der Waals surface area contributed by atoms with Crippen molar-refractivity contribution in [3.63, 3.8) is 0 Å². The van der Waals surface area contributed by atoms with Gasteiger partial charge in [0.15, 0.2) is 0 Å². The molecule has 0 aliphatic carbocycles. The van der Waals surface area contributed by atoms with Gasteiger partial charge in [-0.1, -0.05) is 0 Å². The number of aliphatic hydroxyl groups excluding tert-OH is 1. The molecule has 0 saturated heterocycles. The minimum absolute atomic E-state index is 0.282. The molecule has 1 aromatic heterocycles. The maximum Gasteiger partial charge on any atom is 0.0589 e. The molecule has 0 spiro atoms. The highest BCUT2D eigenvalue weighted by Crippen LogP contribution is 2.10. The number of aliphatic hydroxyl groups is 1. The van der Waals surface area contributed by atoms with Gasteiger partial charge in [-0.15, -0.1) is 12.3 Å². The topological polar surface area (TPSA) is 20.2 Å². The monoisotopic (exact) mass is 180 g/mol. The second-order valence-electron chi connectivity index (χ2n) is 2.73. The number of hydrogen-bond donors (Lipinski definition) is 1. The predicted molar refractivity (Wildman–Crippen MR) is 52.1 cm³/mol. The molecule has 1 rings (SSSR count). The zero-order valence-corrected chi connectivity index (χ0v) is 7.68. The molecule has 0 aromatic carbocycles. The van der Waals surface area contributed by atoms with E-state index in [0.29, 0.717) is 12.8 Å². The summed E-state index contributed by atoms with van der Waals surface area (Å²) in [5.74, 6) is 2.52. The molecule has 1 heterocycles. The van der Waals surface area contributed by atoms with Crippen molar-refractivity contribution in [2.75, 3.05) is 0 Å². The molecular weight excluding hydrogens is 168 g/mol. The van der Waals surface area contributed by atoms with Gasteiger partial charge in [-0.25, -0.2) is 0 Å². The van der Waals surface area contributed by atoms with Crippen molar-refractivity contribution in [3.05, 3.63) is 22.4 Å². The van der Waals surface area contributed by atoms with Crippen LogP contribution in [0.3, 0.4) is 0 Å². The molecule has 1 nitrogen and oxygen atoms in total. The van der Waals surface area contributed by atoms with Gasteiger partial charge in [0.2, 0.25) is 0 Å². The molecule has 0 fully saturated rings. The summed E-state index contributed by atoms with van der Waals surface area (Å²) < 4.78 is 0. The molecule has 0 radical (unpaired) electrons. The van der Waals surface area contributed by atoms with Crippen LogP contribution in [0.4, 0.5) is 0 Å². The number of rotatable bonds is 4. The molecule has 0 bridgehead atoms. The van der Waals surface area contributed by atoms with Crippen molar-refractivity contribution in [1.82, 2.24) is 0 Å². The van der Waals surface area contributed by atoms with E-state index in [1.54, 1.807) is 11.3 Å². The molecule has 1 unspecified atom stereocenters. The second kappa shape index (κ2) is 4.97. The second-order valence-corrected chi connectivity index (χ2v) is 3.51. The molecule has 0 saturated carbocycles. The van der Waals surface area contributed by atoms with Crippen molar-refractivity contribution in [1.29, 1.82) is 0 Å². The summed E-state index contributed by atoms with van der Waals surface area (Å²) in [6, 6.07) is 2.03. The van der Waals surface area contributed by atoms with Crippen LogP contribution in [-0.2, 0) is 6.42 Å². The molecule has 1 aromatic rings. The van der Waals surface area contributed by atoms with Gasteiger partial charge in [-0.2, -0.15) is 11.3 Å². The Labute approximate surface area is 77.1 Å². The van der Waals surface area contributed by atoms with Crippen molar-refractivity contribution < 1.29 is 5.11 Å². The molecule has 64 valence electrons. The molecule has 12 heavy (non-hydrogen) atoms. The maximum absolute atomic E-state index is 9.46. The first kappa shape index (κ1) is 9.31. The van der Waals surface area contributed by atoms with E-state index >= 15 is 0 Å². The highest BCUT2D eigenvalue weighted by molar-refractivity contribution is 7.07. The molecule has 0 aliphatic rings. The molecule has 1 atom stereocenters. The van der Waals surface area contributed by atoms with Gasteiger partial charge in [0.05, 0.1) is 6.10 Å². The summed E-state index contributed by atoms with van der Waals surface area (Å²) in [4.78, 5) is 0. The van der Waals surface area contributed by atoms with Gasteiger partial charge in [0, 0.05) is 6.42 Å². The Morgan fingerprint density at radius 1 is 1.67 bits per heavy atom. The van der Waals surface area contributed by atoms with Crippen molar-refractivity contribution in [2.45, 2.75) is 25.4 Å². The van der Waals surface area contributed by atoms with Gasteiger partial charge in [-0.05, 0) is 35.2 Å². The molecular formula is C10H12OS. The van der Waals surface area contributed by atoms with E-state index < -0.39 is 0 Å². The van der Waals surface area contributed by atoms with Crippen LogP contribution in [0.1, 0.15) is 18.4 Å². The highest BCUT2D eigenvalue weighted by Gasteiger charge is 2.04. The fourth-order valence-electron chi connectivity index (χ4n) is 1.03. The largest absolute Gasteiger partial charge is 0.393 e. The summed E-state index contributed by atoms with van der Waals surface area (Å²) >= 11 is 1.65. The average molecular weight is 180 g/mol. The zero-order chi connectivity index (χ0) is 8.81. The normalized spacial score (nSPS) is 12.3. The van der Waals surface area contributed by atoms with Gasteiger partial charge >= 0.3 is 0 Å². The minimum atomic E-state index is -0.282. The summed E-state index contributed by atoms with van der Waals surface area (Å²) in [6.45, 7) is 0. The van der Waals surface area contributed by atoms with E-state index in [1.165, 1.54) is 5.56 Å². The summed E-state index contributed by atoms with van der Waals surface area (Å²) in [7, 11) is 0. The van der Waals surface area contributed by atoms with E-state index in [0.717, 1.165) is 6.42 Å². The quantitative estimate of drug-likeness (QED) is 0.703. The van der Waals surface area contributed by atoms with Crippen molar-refractivity contribution >= 4 is 11.3 Å². The first-order valence-electron chi connectivity index (χ1n) is 3.95. The Bertz CT molecular complexity index is 245. The third-order valence-electron chi connectivity index (χ3n) is 1.67. The maximum atomic E-state index is 9.46. The fourth-order valence-corrected chi connectivity index (χ4v) is 1.71. The van der Waals surface area contributed by atoms with Crippen molar-refractivity contribution in [2.24, 2.45) is 0 Å². The predicted octanol–water partition coefficient (Wildman–Crippen LogP) is 2.06. The average Bonchev–Trinajstić information content (AvgIpc) is 2.53. The van der Waals surface area contributed by atoms with Gasteiger partial charge in [0.25, 0.3) is 0 Å². The molecule has 1 N–H and O–H groups in total. The summed E-state index contributed by atoms with van der Waals surface area (Å²) in [6.07, 6.45) is 6.90. The summed E-state index contributed by atoms with van der Waals surface area (Å²) in [5, 5.41) is 13.5. The Balaban J connectivity index is 2.28. The van der Waals surface area contributed by atoms with Crippen molar-refractivity contribution in [3.8, 4) is 12.3 Å². The number of thiophene rings is 1. The van der Waals surface area contributed by atoms with E-state index in [9.17, 15) is 5.11 Å². The van der Waals surface area contributed by atoms with Crippen LogP contribution in [0.15, 0.2) is 16.8 Å². The van der Waals surface area contributed by atoms with Crippen LogP contribution in [0.5, 0.6) is 0 Å². The lowest BCUT2D eigenvalue weighted by molar-refractivity contribution is 0.167. The van der Waals surface area contributed by atoms with Crippen LogP contribution < -0.4 is 0 Å². The lowest BCUT2D eigenvalue weighted by atomic mass is 10.1. The van der Waals surface area contributed by atoms with Crippen LogP contribution in [0.2, 0.25) is 0 Å². The number of hydrogen-bond acceptors (Lipinski definition) is 2. The van der Waals surface area contributed by atoms with Gasteiger partial charge < -0.3 is 5.11 Å². The van der Waals surface area contributed by atoms with Gasteiger partial charge in [-0.3, -0.25) is 0 Å². The van der Waals surface area contributed by atoms with Crippen LogP contribution in [-0.4, -0.2) is 11.2 Å². The Morgan fingerprint density at radius 2 is 2.50 bits per heavy atom. The Hall–Kier alpha value is -0.780. The lowest BCUT2D eigenvalue weighted by Crippen LogP contribution is -2.08. The first-order chi connectivity index (χ1) is 5.83. The Kier molecular flexibility index (Phi) is 3.86. The molecule has 0 aliphatic heterocycles. The lowest BCUT2D eigenvalue weighted by Gasteiger charge is -2.05. The highest BCUT2D eigenvalue weighted by atomic mass is 32.1. The standard InChI is InChI=1S/C10H12OS/c1-2-3-4-10(11)7-9-5-6-12-8-9/h1,5-6,8,10-11H,3-4,7H2. The SMILES string of the molecule is C#CCCC(O)Cc1ccsc1. The van der Waals surface area contributed by atoms with E-state index in [1.807, 2.05) is 11.4 Å². The third kappa shape index (κ3) is 3.08. The van der Waals surface area contributed by atoms with E-state index in [-0.39, 0.29) is 6.10 Å². The summed E-state index contributed by atoms with van der Waals surface area (Å²) in [5.41, 5.74) is 1.20. The van der Waals surface area contributed by atoms with E-state index in [4.69, 9.17) is 6.42 Å². The van der Waals surface area contributed by atoms with Crippen LogP contribution in [0.25, 0.3) is 0 Å². The van der Waals surface area contributed by atoms with Gasteiger partial charge in [0.1, 0.15) is 0 Å². The van der Waals surface area contributed by atoms with E-state index in [2.05, 4.69) is 11.3 Å². The molecule has 2 heteroatoms. The minimum Gasteiger partial charge on any atom is -0.393 e.